The van der Waals surface area contributed by atoms with E-state index < -0.39 is 4.92 Å². The lowest BCUT2D eigenvalue weighted by Gasteiger charge is -2.12. The van der Waals surface area contributed by atoms with Crippen LogP contribution >= 0.6 is 0 Å². The Labute approximate surface area is 184 Å². The molecule has 0 spiro atoms. The van der Waals surface area contributed by atoms with Crippen LogP contribution in [-0.4, -0.2) is 37.0 Å². The third kappa shape index (κ3) is 5.01. The number of rotatable bonds is 9. The number of nitro benzene ring substituents is 1. The molecule has 0 unspecified atom stereocenters. The number of nitrogens with zero attached hydrogens (tertiary/aromatic N) is 2. The van der Waals surface area contributed by atoms with Crippen LogP contribution in [0.15, 0.2) is 60.8 Å². The van der Waals surface area contributed by atoms with Crippen LogP contribution in [0.25, 0.3) is 6.08 Å². The van der Waals surface area contributed by atoms with Gasteiger partial charge in [0.1, 0.15) is 5.82 Å². The fourth-order valence-corrected chi connectivity index (χ4v) is 2.97. The van der Waals surface area contributed by atoms with Gasteiger partial charge in [-0.3, -0.25) is 14.9 Å². The van der Waals surface area contributed by atoms with Crippen molar-refractivity contribution in [1.29, 1.82) is 0 Å². The molecule has 3 rings (SSSR count). The van der Waals surface area contributed by atoms with Crippen molar-refractivity contribution in [2.75, 3.05) is 26.6 Å². The van der Waals surface area contributed by atoms with Crippen molar-refractivity contribution in [3.05, 3.63) is 82.0 Å². The van der Waals surface area contributed by atoms with Crippen LogP contribution in [0.1, 0.15) is 15.9 Å². The van der Waals surface area contributed by atoms with Crippen LogP contribution in [0.3, 0.4) is 0 Å². The molecule has 9 heteroatoms. The van der Waals surface area contributed by atoms with Gasteiger partial charge in [0.15, 0.2) is 23.0 Å². The third-order valence-electron chi connectivity index (χ3n) is 4.55. The molecule has 0 aliphatic carbocycles. The maximum absolute atomic E-state index is 12.8. The SMILES string of the molecule is COc1ccc(Nc2ncccc2C(=O)/C=C/c2ccc(OC)c([N+](=O)[O-])c2)cc1OC. The number of anilines is 2. The predicted octanol–water partition coefficient (Wildman–Crippen LogP) is 4.66. The van der Waals surface area contributed by atoms with Gasteiger partial charge in [-0.25, -0.2) is 4.98 Å². The zero-order chi connectivity index (χ0) is 23.1. The summed E-state index contributed by atoms with van der Waals surface area (Å²) < 4.78 is 15.5. The monoisotopic (exact) mass is 435 g/mol. The van der Waals surface area contributed by atoms with Crippen LogP contribution in [0.4, 0.5) is 17.2 Å². The van der Waals surface area contributed by atoms with Crippen LogP contribution in [0, 0.1) is 10.1 Å². The summed E-state index contributed by atoms with van der Waals surface area (Å²) in [5, 5.41) is 14.3. The van der Waals surface area contributed by atoms with E-state index in [-0.39, 0.29) is 17.2 Å². The zero-order valence-corrected chi connectivity index (χ0v) is 17.7. The minimum Gasteiger partial charge on any atom is -0.493 e. The highest BCUT2D eigenvalue weighted by Gasteiger charge is 2.15. The van der Waals surface area contributed by atoms with Gasteiger partial charge >= 0.3 is 5.69 Å². The van der Waals surface area contributed by atoms with Crippen LogP contribution < -0.4 is 19.5 Å². The number of nitro groups is 1. The first-order valence-electron chi connectivity index (χ1n) is 9.45. The van der Waals surface area contributed by atoms with Gasteiger partial charge in [-0.05, 0) is 42.0 Å². The second-order valence-corrected chi connectivity index (χ2v) is 6.48. The Morgan fingerprint density at radius 3 is 2.41 bits per heavy atom. The average Bonchev–Trinajstić information content (AvgIpc) is 2.82. The lowest BCUT2D eigenvalue weighted by molar-refractivity contribution is -0.385. The number of allylic oxidation sites excluding steroid dienone is 1. The molecule has 1 N–H and O–H groups in total. The van der Waals surface area contributed by atoms with Gasteiger partial charge < -0.3 is 19.5 Å². The summed E-state index contributed by atoms with van der Waals surface area (Å²) in [7, 11) is 4.44. The lowest BCUT2D eigenvalue weighted by atomic mass is 10.1. The molecule has 0 amide bonds. The summed E-state index contributed by atoms with van der Waals surface area (Å²) in [6, 6.07) is 13.0. The molecule has 9 nitrogen and oxygen atoms in total. The molecule has 3 aromatic rings. The lowest BCUT2D eigenvalue weighted by Crippen LogP contribution is -2.04. The van der Waals surface area contributed by atoms with E-state index in [2.05, 4.69) is 10.3 Å². The first kappa shape index (κ1) is 22.3. The number of ketones is 1. The molecule has 0 saturated heterocycles. The summed E-state index contributed by atoms with van der Waals surface area (Å²) in [5.41, 5.74) is 1.30. The fourth-order valence-electron chi connectivity index (χ4n) is 2.97. The van der Waals surface area contributed by atoms with Crippen LogP contribution in [0.5, 0.6) is 17.2 Å². The second kappa shape index (κ2) is 10.1. The molecule has 0 aliphatic heterocycles. The number of ether oxygens (including phenoxy) is 3. The molecule has 0 fully saturated rings. The van der Waals surface area contributed by atoms with Gasteiger partial charge in [-0.1, -0.05) is 12.1 Å². The topological polar surface area (TPSA) is 113 Å². The Morgan fingerprint density at radius 1 is 1.00 bits per heavy atom. The largest absolute Gasteiger partial charge is 0.493 e. The Balaban J connectivity index is 1.85. The Hall–Kier alpha value is -4.40. The molecule has 0 atom stereocenters. The molecular formula is C23H21N3O6. The van der Waals surface area contributed by atoms with E-state index in [1.165, 1.54) is 38.5 Å². The highest BCUT2D eigenvalue weighted by Crippen LogP contribution is 2.31. The van der Waals surface area contributed by atoms with Gasteiger partial charge in [0, 0.05) is 24.0 Å². The Morgan fingerprint density at radius 2 is 1.72 bits per heavy atom. The van der Waals surface area contributed by atoms with Crippen molar-refractivity contribution >= 4 is 29.1 Å². The molecule has 0 saturated carbocycles. The van der Waals surface area contributed by atoms with Gasteiger partial charge in [0.25, 0.3) is 0 Å². The minimum atomic E-state index is -0.537. The number of pyridine rings is 1. The van der Waals surface area contributed by atoms with E-state index in [9.17, 15) is 14.9 Å². The van der Waals surface area contributed by atoms with Gasteiger partial charge in [-0.15, -0.1) is 0 Å². The van der Waals surface area contributed by atoms with Gasteiger partial charge in [-0.2, -0.15) is 0 Å². The number of benzene rings is 2. The van der Waals surface area contributed by atoms with E-state index in [1.807, 2.05) is 0 Å². The number of hydrogen-bond acceptors (Lipinski definition) is 8. The smallest absolute Gasteiger partial charge is 0.311 e. The van der Waals surface area contributed by atoms with Crippen molar-refractivity contribution in [2.24, 2.45) is 0 Å². The molecule has 164 valence electrons. The average molecular weight is 435 g/mol. The van der Waals surface area contributed by atoms with Gasteiger partial charge in [0.05, 0.1) is 31.8 Å². The number of carbonyl (C=O) groups excluding carboxylic acids is 1. The molecular weight excluding hydrogens is 414 g/mol. The maximum atomic E-state index is 12.8. The quantitative estimate of drug-likeness (QED) is 0.224. The third-order valence-corrected chi connectivity index (χ3v) is 4.55. The van der Waals surface area contributed by atoms with Crippen molar-refractivity contribution < 1.29 is 23.9 Å². The first-order chi connectivity index (χ1) is 15.5. The van der Waals surface area contributed by atoms with E-state index in [4.69, 9.17) is 14.2 Å². The molecule has 2 aromatic carbocycles. The summed E-state index contributed by atoms with van der Waals surface area (Å²) >= 11 is 0. The molecule has 1 heterocycles. The maximum Gasteiger partial charge on any atom is 0.311 e. The summed E-state index contributed by atoms with van der Waals surface area (Å²) in [5.74, 6) is 1.29. The zero-order valence-electron chi connectivity index (χ0n) is 17.7. The number of carbonyl (C=O) groups is 1. The molecule has 0 radical (unpaired) electrons. The molecule has 1 aromatic heterocycles. The van der Waals surface area contributed by atoms with Crippen LogP contribution in [-0.2, 0) is 0 Å². The summed E-state index contributed by atoms with van der Waals surface area (Å²) in [4.78, 5) is 27.7. The predicted molar refractivity (Wildman–Crippen MR) is 120 cm³/mol. The van der Waals surface area contributed by atoms with Gasteiger partial charge in [0.2, 0.25) is 0 Å². The normalized spacial score (nSPS) is 10.6. The highest BCUT2D eigenvalue weighted by atomic mass is 16.6. The summed E-state index contributed by atoms with van der Waals surface area (Å²) in [6.45, 7) is 0. The minimum absolute atomic E-state index is 0.146. The van der Waals surface area contributed by atoms with Crippen LogP contribution in [0.2, 0.25) is 0 Å². The fraction of sp³-hybridized carbons (Fsp3) is 0.130. The number of nitrogens with one attached hydrogen (secondary N) is 1. The van der Waals surface area contributed by atoms with E-state index in [0.29, 0.717) is 34.1 Å². The number of hydrogen-bond donors (Lipinski definition) is 1. The number of aromatic nitrogens is 1. The Bertz CT molecular complexity index is 1180. The molecule has 0 bridgehead atoms. The van der Waals surface area contributed by atoms with E-state index in [1.54, 1.807) is 49.7 Å². The van der Waals surface area contributed by atoms with Crippen molar-refractivity contribution in [2.45, 2.75) is 0 Å². The number of methoxy groups -OCH3 is 3. The highest BCUT2D eigenvalue weighted by molar-refractivity contribution is 6.10. The van der Waals surface area contributed by atoms with E-state index in [0.717, 1.165) is 0 Å². The van der Waals surface area contributed by atoms with Crippen molar-refractivity contribution in [3.63, 3.8) is 0 Å². The summed E-state index contributed by atoms with van der Waals surface area (Å²) in [6.07, 6.45) is 4.40. The molecule has 0 aliphatic rings. The second-order valence-electron chi connectivity index (χ2n) is 6.48. The molecule has 32 heavy (non-hydrogen) atoms. The van der Waals surface area contributed by atoms with Crippen molar-refractivity contribution in [3.8, 4) is 17.2 Å². The first-order valence-corrected chi connectivity index (χ1v) is 9.45. The standard InChI is InChI=1S/C23H21N3O6/c1-30-20-10-7-15(13-18(20)26(28)29)6-9-19(27)17-5-4-12-24-23(17)25-16-8-11-21(31-2)22(14-16)32-3/h4-14H,1-3H3,(H,24,25)/b9-6+. The Kier molecular flexibility index (Phi) is 7.02. The van der Waals surface area contributed by atoms with Crippen molar-refractivity contribution in [1.82, 2.24) is 4.98 Å². The van der Waals surface area contributed by atoms with E-state index >= 15 is 0 Å².